The first-order valence-electron chi connectivity index (χ1n) is 8.21. The quantitative estimate of drug-likeness (QED) is 0.701. The summed E-state index contributed by atoms with van der Waals surface area (Å²) < 4.78 is 16.9. The summed E-state index contributed by atoms with van der Waals surface area (Å²) in [7, 11) is 1.56. The van der Waals surface area contributed by atoms with Gasteiger partial charge in [-0.05, 0) is 55.2 Å². The van der Waals surface area contributed by atoms with E-state index in [0.717, 1.165) is 22.4 Å². The van der Waals surface area contributed by atoms with Gasteiger partial charge >= 0.3 is 5.97 Å². The lowest BCUT2D eigenvalue weighted by molar-refractivity contribution is -0.136. The Bertz CT molecular complexity index is 704. The van der Waals surface area contributed by atoms with Crippen LogP contribution >= 0.6 is 0 Å². The highest BCUT2D eigenvalue weighted by Crippen LogP contribution is 2.32. The molecule has 0 atom stereocenters. The summed E-state index contributed by atoms with van der Waals surface area (Å²) in [5, 5.41) is 8.89. The van der Waals surface area contributed by atoms with Crippen LogP contribution in [0.5, 0.6) is 17.2 Å². The summed E-state index contributed by atoms with van der Waals surface area (Å²) in [5.74, 6) is 1.14. The average Bonchev–Trinajstić information content (AvgIpc) is 2.56. The SMILES string of the molecule is COc1cccc(CCC(=O)O)c1OCCOc1cc(C)cc(C)c1. The van der Waals surface area contributed by atoms with Crippen molar-refractivity contribution in [2.45, 2.75) is 26.7 Å². The van der Waals surface area contributed by atoms with Crippen LogP contribution < -0.4 is 14.2 Å². The molecule has 2 rings (SSSR count). The molecule has 1 N–H and O–H groups in total. The van der Waals surface area contributed by atoms with E-state index in [1.807, 2.05) is 38.1 Å². The zero-order chi connectivity index (χ0) is 18.2. The van der Waals surface area contributed by atoms with Crippen molar-refractivity contribution in [3.63, 3.8) is 0 Å². The minimum Gasteiger partial charge on any atom is -0.493 e. The van der Waals surface area contributed by atoms with Crippen LogP contribution in [0.3, 0.4) is 0 Å². The van der Waals surface area contributed by atoms with Gasteiger partial charge in [-0.25, -0.2) is 0 Å². The number of para-hydroxylation sites is 1. The Morgan fingerprint density at radius 3 is 2.36 bits per heavy atom. The number of hydrogen-bond donors (Lipinski definition) is 1. The molecule has 0 fully saturated rings. The highest BCUT2D eigenvalue weighted by Gasteiger charge is 2.12. The second kappa shape index (κ2) is 8.97. The van der Waals surface area contributed by atoms with Gasteiger partial charge in [-0.1, -0.05) is 18.2 Å². The average molecular weight is 344 g/mol. The van der Waals surface area contributed by atoms with Crippen LogP contribution in [0.25, 0.3) is 0 Å². The Morgan fingerprint density at radius 1 is 1.04 bits per heavy atom. The highest BCUT2D eigenvalue weighted by atomic mass is 16.5. The predicted molar refractivity (Wildman–Crippen MR) is 95.9 cm³/mol. The minimum atomic E-state index is -0.841. The lowest BCUT2D eigenvalue weighted by atomic mass is 10.1. The topological polar surface area (TPSA) is 65.0 Å². The van der Waals surface area contributed by atoms with Gasteiger partial charge in [0.15, 0.2) is 11.5 Å². The zero-order valence-electron chi connectivity index (χ0n) is 14.9. The number of hydrogen-bond acceptors (Lipinski definition) is 4. The van der Waals surface area contributed by atoms with E-state index >= 15 is 0 Å². The number of methoxy groups -OCH3 is 1. The van der Waals surface area contributed by atoms with Crippen LogP contribution in [0.1, 0.15) is 23.1 Å². The molecule has 0 unspecified atom stereocenters. The molecule has 0 aliphatic rings. The lowest BCUT2D eigenvalue weighted by Gasteiger charge is -2.15. The van der Waals surface area contributed by atoms with Crippen molar-refractivity contribution in [1.29, 1.82) is 0 Å². The number of ether oxygens (including phenoxy) is 3. The zero-order valence-corrected chi connectivity index (χ0v) is 14.9. The molecule has 2 aromatic carbocycles. The standard InChI is InChI=1S/C20H24O5/c1-14-11-15(2)13-17(12-14)24-9-10-25-20-16(7-8-19(21)22)5-4-6-18(20)23-3/h4-6,11-13H,7-10H2,1-3H3,(H,21,22). The van der Waals surface area contributed by atoms with E-state index in [1.54, 1.807) is 13.2 Å². The third-order valence-corrected chi connectivity index (χ3v) is 3.68. The van der Waals surface area contributed by atoms with Gasteiger partial charge in [0.2, 0.25) is 0 Å². The van der Waals surface area contributed by atoms with Crippen molar-refractivity contribution < 1.29 is 24.1 Å². The molecule has 0 radical (unpaired) electrons. The Morgan fingerprint density at radius 2 is 1.72 bits per heavy atom. The van der Waals surface area contributed by atoms with E-state index in [0.29, 0.717) is 31.1 Å². The third-order valence-electron chi connectivity index (χ3n) is 3.68. The molecule has 0 saturated carbocycles. The molecule has 5 heteroatoms. The van der Waals surface area contributed by atoms with Crippen molar-refractivity contribution in [2.75, 3.05) is 20.3 Å². The van der Waals surface area contributed by atoms with E-state index in [2.05, 4.69) is 6.07 Å². The molecular weight excluding hydrogens is 320 g/mol. The Balaban J connectivity index is 1.97. The van der Waals surface area contributed by atoms with E-state index in [-0.39, 0.29) is 6.42 Å². The van der Waals surface area contributed by atoms with Crippen LogP contribution in [0.4, 0.5) is 0 Å². The largest absolute Gasteiger partial charge is 0.493 e. The van der Waals surface area contributed by atoms with Crippen LogP contribution in [0.2, 0.25) is 0 Å². The van der Waals surface area contributed by atoms with Crippen molar-refractivity contribution in [2.24, 2.45) is 0 Å². The fourth-order valence-electron chi connectivity index (χ4n) is 2.64. The van der Waals surface area contributed by atoms with Crippen LogP contribution in [-0.2, 0) is 11.2 Å². The summed E-state index contributed by atoms with van der Waals surface area (Å²) in [5.41, 5.74) is 3.11. The summed E-state index contributed by atoms with van der Waals surface area (Å²) >= 11 is 0. The maximum atomic E-state index is 10.8. The first kappa shape index (κ1) is 18.6. The third kappa shape index (κ3) is 5.71. The second-order valence-corrected chi connectivity index (χ2v) is 5.86. The van der Waals surface area contributed by atoms with Gasteiger partial charge in [-0.3, -0.25) is 4.79 Å². The van der Waals surface area contributed by atoms with Gasteiger partial charge in [0.1, 0.15) is 19.0 Å². The summed E-state index contributed by atoms with van der Waals surface area (Å²) in [6.45, 7) is 4.78. The summed E-state index contributed by atoms with van der Waals surface area (Å²) in [6.07, 6.45) is 0.433. The molecule has 5 nitrogen and oxygen atoms in total. The van der Waals surface area contributed by atoms with Gasteiger partial charge in [0.05, 0.1) is 7.11 Å². The molecule has 25 heavy (non-hydrogen) atoms. The molecule has 2 aromatic rings. The maximum absolute atomic E-state index is 10.8. The Kier molecular flexibility index (Phi) is 6.69. The van der Waals surface area contributed by atoms with Crippen molar-refractivity contribution >= 4 is 5.97 Å². The lowest BCUT2D eigenvalue weighted by Crippen LogP contribution is -2.11. The molecule has 134 valence electrons. The van der Waals surface area contributed by atoms with Crippen LogP contribution in [-0.4, -0.2) is 31.4 Å². The normalized spacial score (nSPS) is 10.4. The Hall–Kier alpha value is -2.69. The van der Waals surface area contributed by atoms with Gasteiger partial charge in [0, 0.05) is 6.42 Å². The van der Waals surface area contributed by atoms with Crippen molar-refractivity contribution in [3.05, 3.63) is 53.1 Å². The number of aliphatic carboxylic acids is 1. The smallest absolute Gasteiger partial charge is 0.303 e. The second-order valence-electron chi connectivity index (χ2n) is 5.86. The molecule has 0 bridgehead atoms. The summed E-state index contributed by atoms with van der Waals surface area (Å²) in [4.78, 5) is 10.8. The van der Waals surface area contributed by atoms with Gasteiger partial charge in [-0.2, -0.15) is 0 Å². The first-order chi connectivity index (χ1) is 12.0. The van der Waals surface area contributed by atoms with E-state index in [1.165, 1.54) is 0 Å². The van der Waals surface area contributed by atoms with Crippen molar-refractivity contribution in [1.82, 2.24) is 0 Å². The molecule has 0 amide bonds. The van der Waals surface area contributed by atoms with Gasteiger partial charge in [-0.15, -0.1) is 0 Å². The van der Waals surface area contributed by atoms with Crippen LogP contribution in [0.15, 0.2) is 36.4 Å². The van der Waals surface area contributed by atoms with Gasteiger partial charge in [0.25, 0.3) is 0 Å². The molecule has 0 aromatic heterocycles. The monoisotopic (exact) mass is 344 g/mol. The summed E-state index contributed by atoms with van der Waals surface area (Å²) in [6, 6.07) is 11.5. The molecule has 0 aliphatic carbocycles. The number of carbonyl (C=O) groups is 1. The van der Waals surface area contributed by atoms with E-state index in [4.69, 9.17) is 19.3 Å². The molecule has 0 heterocycles. The maximum Gasteiger partial charge on any atom is 0.303 e. The molecule has 0 saturated heterocycles. The van der Waals surface area contributed by atoms with Crippen molar-refractivity contribution in [3.8, 4) is 17.2 Å². The highest BCUT2D eigenvalue weighted by molar-refractivity contribution is 5.67. The molecule has 0 aliphatic heterocycles. The Labute approximate surface area is 148 Å². The van der Waals surface area contributed by atoms with Gasteiger partial charge < -0.3 is 19.3 Å². The number of aryl methyl sites for hydroxylation is 3. The van der Waals surface area contributed by atoms with E-state index < -0.39 is 5.97 Å². The minimum absolute atomic E-state index is 0.0442. The van der Waals surface area contributed by atoms with E-state index in [9.17, 15) is 4.79 Å². The first-order valence-corrected chi connectivity index (χ1v) is 8.21. The predicted octanol–water partition coefficient (Wildman–Crippen LogP) is 3.79. The fraction of sp³-hybridized carbons (Fsp3) is 0.350. The number of carboxylic acid groups (broad SMARTS) is 1. The molecule has 0 spiro atoms. The number of rotatable bonds is 9. The molecular formula is C20H24O5. The number of carboxylic acids is 1. The van der Waals surface area contributed by atoms with Crippen LogP contribution in [0, 0.1) is 13.8 Å². The fourth-order valence-corrected chi connectivity index (χ4v) is 2.64. The number of benzene rings is 2.